The fourth-order valence-electron chi connectivity index (χ4n) is 5.50. The lowest BCUT2D eigenvalue weighted by Gasteiger charge is -2.45. The molecule has 3 N–H and O–H groups in total. The van der Waals surface area contributed by atoms with Crippen molar-refractivity contribution in [3.63, 3.8) is 0 Å². The van der Waals surface area contributed by atoms with Gasteiger partial charge in [0.2, 0.25) is 10.0 Å². The summed E-state index contributed by atoms with van der Waals surface area (Å²) < 4.78 is 59.1. The molecule has 0 radical (unpaired) electrons. The highest BCUT2D eigenvalue weighted by Gasteiger charge is 2.44. The molecular weight excluding hydrogens is 597 g/mol. The summed E-state index contributed by atoms with van der Waals surface area (Å²) in [6, 6.07) is 14.0. The Morgan fingerprint density at radius 1 is 1.19 bits per heavy atom. The molecule has 2 aliphatic rings. The fraction of sp³-hybridized carbons (Fsp3) is 0.467. The average Bonchev–Trinajstić information content (AvgIpc) is 3.26. The molecule has 43 heavy (non-hydrogen) atoms. The van der Waals surface area contributed by atoms with Gasteiger partial charge in [0, 0.05) is 34.4 Å². The second-order valence-corrected chi connectivity index (χ2v) is 14.1. The minimum absolute atomic E-state index is 0.0393. The Morgan fingerprint density at radius 3 is 2.60 bits per heavy atom. The molecule has 2 aromatic carbocycles. The molecular formula is C30H38FN3O7S2. The summed E-state index contributed by atoms with van der Waals surface area (Å²) in [6.45, 7) is 5.46. The first-order chi connectivity index (χ1) is 20.3. The lowest BCUT2D eigenvalue weighted by atomic mass is 9.89. The standard InChI is InChI=1S/C30H38FN3O7S2/c1-5-40-24(35)17-41-26-25(31)27(42-28(26)29(36)39-4)20-9-7-11-22(15-20)33-23-12-13-34(30(2,3)16-23)43(37,38)18-19-8-6-10-21(32)14-19/h6-11,14-15,23,26,28,33H,5,12-13,16-18,32H2,1-4H3. The Hall–Kier alpha value is -3.13. The van der Waals surface area contributed by atoms with E-state index < -0.39 is 51.3 Å². The molecule has 4 rings (SSSR count). The number of ether oxygens (including phenoxy) is 3. The van der Waals surface area contributed by atoms with Gasteiger partial charge in [0.1, 0.15) is 23.8 Å². The van der Waals surface area contributed by atoms with Gasteiger partial charge in [-0.2, -0.15) is 4.31 Å². The molecule has 2 aliphatic heterocycles. The van der Waals surface area contributed by atoms with Crippen molar-refractivity contribution >= 4 is 50.0 Å². The van der Waals surface area contributed by atoms with Gasteiger partial charge >= 0.3 is 11.9 Å². The van der Waals surface area contributed by atoms with Crippen molar-refractivity contribution in [2.75, 3.05) is 37.9 Å². The monoisotopic (exact) mass is 635 g/mol. The number of thioether (sulfide) groups is 1. The maximum atomic E-state index is 15.6. The van der Waals surface area contributed by atoms with E-state index in [-0.39, 0.29) is 23.3 Å². The normalized spacial score (nSPS) is 22.3. The number of anilines is 2. The van der Waals surface area contributed by atoms with Gasteiger partial charge in [-0.05, 0) is 69.0 Å². The highest BCUT2D eigenvalue weighted by atomic mass is 32.2. The second kappa shape index (κ2) is 13.7. The van der Waals surface area contributed by atoms with Crippen molar-refractivity contribution in [3.8, 4) is 0 Å². The van der Waals surface area contributed by atoms with E-state index in [4.69, 9.17) is 19.9 Å². The van der Waals surface area contributed by atoms with E-state index in [0.29, 0.717) is 36.2 Å². The van der Waals surface area contributed by atoms with Crippen LogP contribution in [-0.4, -0.2) is 74.5 Å². The summed E-state index contributed by atoms with van der Waals surface area (Å²) in [7, 11) is -2.38. The number of carbonyl (C=O) groups is 2. The Bertz CT molecular complexity index is 1480. The van der Waals surface area contributed by atoms with E-state index >= 15 is 4.39 Å². The van der Waals surface area contributed by atoms with E-state index in [9.17, 15) is 18.0 Å². The van der Waals surface area contributed by atoms with Gasteiger partial charge < -0.3 is 25.3 Å². The Morgan fingerprint density at radius 2 is 1.93 bits per heavy atom. The number of nitrogen functional groups attached to an aromatic ring is 1. The van der Waals surface area contributed by atoms with Crippen molar-refractivity contribution in [3.05, 3.63) is 65.5 Å². The van der Waals surface area contributed by atoms with Gasteiger partial charge in [0.15, 0.2) is 0 Å². The van der Waals surface area contributed by atoms with E-state index in [0.717, 1.165) is 17.4 Å². The molecule has 0 amide bonds. The number of benzene rings is 2. The average molecular weight is 636 g/mol. The van der Waals surface area contributed by atoms with Gasteiger partial charge in [-0.3, -0.25) is 4.79 Å². The number of nitrogens with two attached hydrogens (primary N) is 1. The van der Waals surface area contributed by atoms with Gasteiger partial charge in [-0.15, -0.1) is 11.8 Å². The van der Waals surface area contributed by atoms with E-state index in [1.165, 1.54) is 7.11 Å². The Labute approximate surface area is 256 Å². The maximum absolute atomic E-state index is 15.6. The van der Waals surface area contributed by atoms with Gasteiger partial charge in [-0.1, -0.05) is 24.3 Å². The number of halogens is 1. The molecule has 3 atom stereocenters. The first kappa shape index (κ1) is 32.8. The SMILES string of the molecule is CCOC(=O)COC1C(F)=C(c2cccc(NC3CCN(S(=O)(=O)Cc4cccc(N)c4)C(C)(C)C3)c2)SC1C(=O)OC. The minimum atomic E-state index is -3.59. The van der Waals surface area contributed by atoms with E-state index in [1.807, 2.05) is 19.9 Å². The predicted octanol–water partition coefficient (Wildman–Crippen LogP) is 4.33. The zero-order chi connectivity index (χ0) is 31.4. The number of hydrogen-bond donors (Lipinski definition) is 2. The zero-order valence-corrected chi connectivity index (χ0v) is 26.3. The maximum Gasteiger partial charge on any atom is 0.332 e. The second-order valence-electron chi connectivity index (χ2n) is 11.1. The van der Waals surface area contributed by atoms with E-state index in [1.54, 1.807) is 53.7 Å². The number of methoxy groups -OCH3 is 1. The quantitative estimate of drug-likeness (QED) is 0.271. The number of hydrogen-bond acceptors (Lipinski definition) is 10. The molecule has 0 spiro atoms. The number of nitrogens with zero attached hydrogens (tertiary/aromatic N) is 1. The number of piperidine rings is 1. The van der Waals surface area contributed by atoms with Crippen LogP contribution in [0.1, 0.15) is 44.7 Å². The first-order valence-corrected chi connectivity index (χ1v) is 16.5. The van der Waals surface area contributed by atoms with Crippen LogP contribution in [0.3, 0.4) is 0 Å². The number of sulfonamides is 1. The molecule has 0 aliphatic carbocycles. The summed E-state index contributed by atoms with van der Waals surface area (Å²) in [6.07, 6.45) is -0.176. The summed E-state index contributed by atoms with van der Waals surface area (Å²) in [4.78, 5) is 24.4. The van der Waals surface area contributed by atoms with Gasteiger partial charge in [0.05, 0.1) is 19.5 Å². The highest BCUT2D eigenvalue weighted by molar-refractivity contribution is 8.09. The molecule has 0 saturated carbocycles. The van der Waals surface area contributed by atoms with Crippen molar-refractivity contribution in [1.29, 1.82) is 0 Å². The zero-order valence-electron chi connectivity index (χ0n) is 24.7. The number of esters is 2. The van der Waals surface area contributed by atoms with Crippen molar-refractivity contribution in [2.24, 2.45) is 0 Å². The third kappa shape index (κ3) is 7.88. The lowest BCUT2D eigenvalue weighted by molar-refractivity contribution is -0.152. The molecule has 1 saturated heterocycles. The molecule has 13 heteroatoms. The van der Waals surface area contributed by atoms with Crippen molar-refractivity contribution in [1.82, 2.24) is 4.31 Å². The van der Waals surface area contributed by atoms with Crippen molar-refractivity contribution in [2.45, 2.75) is 62.3 Å². The fourth-order valence-corrected chi connectivity index (χ4v) is 8.73. The lowest BCUT2D eigenvalue weighted by Crippen LogP contribution is -2.55. The topological polar surface area (TPSA) is 137 Å². The third-order valence-electron chi connectivity index (χ3n) is 7.34. The van der Waals surface area contributed by atoms with Crippen LogP contribution in [-0.2, 0) is 39.6 Å². The summed E-state index contributed by atoms with van der Waals surface area (Å²) in [5.41, 5.74) is 7.60. The van der Waals surface area contributed by atoms with Gasteiger partial charge in [0.25, 0.3) is 0 Å². The molecule has 10 nitrogen and oxygen atoms in total. The molecule has 3 unspecified atom stereocenters. The third-order valence-corrected chi connectivity index (χ3v) is 10.7. The number of rotatable bonds is 11. The van der Waals surface area contributed by atoms with Crippen LogP contribution in [0.2, 0.25) is 0 Å². The highest BCUT2D eigenvalue weighted by Crippen LogP contribution is 2.47. The summed E-state index contributed by atoms with van der Waals surface area (Å²) >= 11 is 0.981. The predicted molar refractivity (Wildman–Crippen MR) is 165 cm³/mol. The molecule has 0 bridgehead atoms. The Kier molecular flexibility index (Phi) is 10.4. The van der Waals surface area contributed by atoms with Crippen LogP contribution >= 0.6 is 11.8 Å². The van der Waals surface area contributed by atoms with Crippen LogP contribution in [0.15, 0.2) is 54.4 Å². The molecule has 0 aromatic heterocycles. The molecule has 2 heterocycles. The number of nitrogens with one attached hydrogen (secondary N) is 1. The molecule has 234 valence electrons. The van der Waals surface area contributed by atoms with Crippen molar-refractivity contribution < 1.29 is 36.6 Å². The van der Waals surface area contributed by atoms with Crippen LogP contribution in [0.4, 0.5) is 15.8 Å². The van der Waals surface area contributed by atoms with Crippen LogP contribution < -0.4 is 11.1 Å². The summed E-state index contributed by atoms with van der Waals surface area (Å²) in [5, 5.41) is 2.46. The largest absolute Gasteiger partial charge is 0.468 e. The molecule has 1 fully saturated rings. The number of carbonyl (C=O) groups excluding carboxylic acids is 2. The van der Waals surface area contributed by atoms with E-state index in [2.05, 4.69) is 5.32 Å². The van der Waals surface area contributed by atoms with Crippen LogP contribution in [0.5, 0.6) is 0 Å². The van der Waals surface area contributed by atoms with Crippen LogP contribution in [0, 0.1) is 0 Å². The molecule has 2 aromatic rings. The smallest absolute Gasteiger partial charge is 0.332 e. The van der Waals surface area contributed by atoms with Gasteiger partial charge in [-0.25, -0.2) is 17.6 Å². The summed E-state index contributed by atoms with van der Waals surface area (Å²) in [5.74, 6) is -2.12. The Balaban J connectivity index is 1.46. The minimum Gasteiger partial charge on any atom is -0.468 e. The first-order valence-electron chi connectivity index (χ1n) is 14.0. The van der Waals surface area contributed by atoms with Crippen LogP contribution in [0.25, 0.3) is 4.91 Å².